The Morgan fingerprint density at radius 1 is 1.29 bits per heavy atom. The van der Waals surface area contributed by atoms with Crippen molar-refractivity contribution < 1.29 is 14.7 Å². The number of likely N-dealkylation sites (tertiary alicyclic amines) is 1. The monoisotopic (exact) mass is 350 g/mol. The number of benzene rings is 1. The number of carbonyl (C=O) groups excluding carboxylic acids is 2. The van der Waals surface area contributed by atoms with E-state index in [1.165, 1.54) is 37.5 Å². The fourth-order valence-electron chi connectivity index (χ4n) is 3.33. The maximum absolute atomic E-state index is 12.5. The first kappa shape index (κ1) is 17.1. The molecule has 1 heterocycles. The molecule has 24 heavy (non-hydrogen) atoms. The normalized spacial score (nSPS) is 20.7. The second kappa shape index (κ2) is 7.43. The first-order valence-corrected chi connectivity index (χ1v) is 8.98. The minimum absolute atomic E-state index is 0.000995. The average Bonchev–Trinajstić information content (AvgIpc) is 2.96. The van der Waals surface area contributed by atoms with E-state index < -0.39 is 0 Å². The molecule has 3 rings (SSSR count). The lowest BCUT2D eigenvalue weighted by atomic mass is 9.82. The van der Waals surface area contributed by atoms with Crippen LogP contribution in [0.1, 0.15) is 48.9 Å². The van der Waals surface area contributed by atoms with Gasteiger partial charge in [-0.2, -0.15) is 0 Å². The quantitative estimate of drug-likeness (QED) is 0.857. The minimum Gasteiger partial charge on any atom is -0.508 e. The zero-order valence-corrected chi connectivity index (χ0v) is 14.4. The Morgan fingerprint density at radius 2 is 2.08 bits per heavy atom. The van der Waals surface area contributed by atoms with Gasteiger partial charge in [0.05, 0.1) is 10.6 Å². The topological polar surface area (TPSA) is 69.6 Å². The molecule has 1 aromatic rings. The predicted octanol–water partition coefficient (Wildman–Crippen LogP) is 2.96. The second-order valence-corrected chi connectivity index (χ2v) is 7.21. The largest absolute Gasteiger partial charge is 0.508 e. The van der Waals surface area contributed by atoms with Crippen LogP contribution < -0.4 is 5.32 Å². The van der Waals surface area contributed by atoms with Crippen molar-refractivity contribution in [3.05, 3.63) is 28.8 Å². The van der Waals surface area contributed by atoms with E-state index in [0.717, 1.165) is 18.8 Å². The molecule has 2 aliphatic rings. The van der Waals surface area contributed by atoms with Gasteiger partial charge in [-0.05, 0) is 37.0 Å². The summed E-state index contributed by atoms with van der Waals surface area (Å²) in [6.45, 7) is 1.07. The number of hydrogen-bond donors (Lipinski definition) is 2. The van der Waals surface area contributed by atoms with Crippen LogP contribution >= 0.6 is 11.6 Å². The molecule has 0 radical (unpaired) electrons. The number of nitrogens with zero attached hydrogens (tertiary/aromatic N) is 1. The summed E-state index contributed by atoms with van der Waals surface area (Å²) in [5, 5.41) is 12.9. The van der Waals surface area contributed by atoms with Gasteiger partial charge in [0.1, 0.15) is 5.75 Å². The lowest BCUT2D eigenvalue weighted by molar-refractivity contribution is -0.122. The SMILES string of the molecule is O=C(CCC1CCC1)NC1CCN(C(=O)c2cc(O)ccc2Cl)C1. The van der Waals surface area contributed by atoms with Crippen molar-refractivity contribution in [3.8, 4) is 5.75 Å². The Hall–Kier alpha value is -1.75. The average molecular weight is 351 g/mol. The van der Waals surface area contributed by atoms with E-state index in [4.69, 9.17) is 11.6 Å². The summed E-state index contributed by atoms with van der Waals surface area (Å²) in [5.74, 6) is 0.617. The molecule has 1 aliphatic carbocycles. The van der Waals surface area contributed by atoms with Crippen LogP contribution in [-0.4, -0.2) is 41.0 Å². The van der Waals surface area contributed by atoms with Crippen LogP contribution in [0.15, 0.2) is 18.2 Å². The molecule has 5 nitrogen and oxygen atoms in total. The number of rotatable bonds is 5. The van der Waals surface area contributed by atoms with Crippen molar-refractivity contribution in [2.24, 2.45) is 5.92 Å². The van der Waals surface area contributed by atoms with Crippen molar-refractivity contribution >= 4 is 23.4 Å². The van der Waals surface area contributed by atoms with Gasteiger partial charge in [-0.25, -0.2) is 0 Å². The molecule has 2 fully saturated rings. The maximum Gasteiger partial charge on any atom is 0.255 e. The number of nitrogens with one attached hydrogen (secondary N) is 1. The van der Waals surface area contributed by atoms with Crippen molar-refractivity contribution in [3.63, 3.8) is 0 Å². The van der Waals surface area contributed by atoms with Gasteiger partial charge in [0, 0.05) is 25.6 Å². The molecule has 1 unspecified atom stereocenters. The Bertz CT molecular complexity index is 631. The summed E-state index contributed by atoms with van der Waals surface area (Å²) in [4.78, 5) is 26.2. The molecule has 0 bridgehead atoms. The molecule has 0 aromatic heterocycles. The number of hydrogen-bond acceptors (Lipinski definition) is 3. The lowest BCUT2D eigenvalue weighted by Crippen LogP contribution is -2.38. The van der Waals surface area contributed by atoms with Crippen LogP contribution in [-0.2, 0) is 4.79 Å². The summed E-state index contributed by atoms with van der Waals surface area (Å²) in [5.41, 5.74) is 0.300. The maximum atomic E-state index is 12.5. The van der Waals surface area contributed by atoms with Crippen LogP contribution in [0.4, 0.5) is 0 Å². The minimum atomic E-state index is -0.206. The van der Waals surface area contributed by atoms with E-state index in [9.17, 15) is 14.7 Å². The van der Waals surface area contributed by atoms with Crippen molar-refractivity contribution in [1.29, 1.82) is 0 Å². The highest BCUT2D eigenvalue weighted by atomic mass is 35.5. The van der Waals surface area contributed by atoms with Crippen molar-refractivity contribution in [2.45, 2.75) is 44.6 Å². The third kappa shape index (κ3) is 4.01. The third-order valence-corrected chi connectivity index (χ3v) is 5.35. The first-order chi connectivity index (χ1) is 11.5. The molecule has 2 amide bonds. The van der Waals surface area contributed by atoms with Gasteiger partial charge in [-0.15, -0.1) is 0 Å². The highest BCUT2D eigenvalue weighted by molar-refractivity contribution is 6.33. The van der Waals surface area contributed by atoms with Crippen LogP contribution in [0.5, 0.6) is 5.75 Å². The predicted molar refractivity (Wildman–Crippen MR) is 92.1 cm³/mol. The summed E-state index contributed by atoms with van der Waals surface area (Å²) in [7, 11) is 0. The molecule has 1 aromatic carbocycles. The first-order valence-electron chi connectivity index (χ1n) is 8.60. The fourth-order valence-corrected chi connectivity index (χ4v) is 3.52. The number of phenolic OH excluding ortho intramolecular Hbond substituents is 1. The van der Waals surface area contributed by atoms with Crippen molar-refractivity contribution in [2.75, 3.05) is 13.1 Å². The smallest absolute Gasteiger partial charge is 0.255 e. The summed E-state index contributed by atoms with van der Waals surface area (Å²) in [6, 6.07) is 4.35. The van der Waals surface area contributed by atoms with Gasteiger partial charge >= 0.3 is 0 Å². The summed E-state index contributed by atoms with van der Waals surface area (Å²) >= 11 is 6.05. The zero-order valence-electron chi connectivity index (χ0n) is 13.6. The highest BCUT2D eigenvalue weighted by Crippen LogP contribution is 2.30. The van der Waals surface area contributed by atoms with E-state index in [0.29, 0.717) is 30.1 Å². The summed E-state index contributed by atoms with van der Waals surface area (Å²) in [6.07, 6.45) is 6.10. The molecule has 1 atom stereocenters. The van der Waals surface area contributed by atoms with Crippen LogP contribution in [0, 0.1) is 5.92 Å². The van der Waals surface area contributed by atoms with Crippen LogP contribution in [0.3, 0.4) is 0 Å². The second-order valence-electron chi connectivity index (χ2n) is 6.80. The van der Waals surface area contributed by atoms with E-state index in [1.807, 2.05) is 0 Å². The van der Waals surface area contributed by atoms with E-state index >= 15 is 0 Å². The lowest BCUT2D eigenvalue weighted by Gasteiger charge is -2.25. The molecule has 1 aliphatic heterocycles. The van der Waals surface area contributed by atoms with Crippen LogP contribution in [0.25, 0.3) is 0 Å². The fraction of sp³-hybridized carbons (Fsp3) is 0.556. The Labute approximate surface area is 147 Å². The third-order valence-electron chi connectivity index (χ3n) is 5.03. The Kier molecular flexibility index (Phi) is 5.29. The van der Waals surface area contributed by atoms with E-state index in [2.05, 4.69) is 5.32 Å². The molecule has 6 heteroatoms. The molecule has 0 spiro atoms. The number of phenols is 1. The van der Waals surface area contributed by atoms with Gasteiger partial charge < -0.3 is 15.3 Å². The van der Waals surface area contributed by atoms with E-state index in [1.54, 1.807) is 4.90 Å². The summed E-state index contributed by atoms with van der Waals surface area (Å²) < 4.78 is 0. The molecular formula is C18H23ClN2O3. The number of amides is 2. The highest BCUT2D eigenvalue weighted by Gasteiger charge is 2.29. The standard InChI is InChI=1S/C18H23ClN2O3/c19-16-6-5-14(22)10-15(16)18(24)21-9-8-13(11-21)20-17(23)7-4-12-2-1-3-12/h5-6,10,12-13,22H,1-4,7-9,11H2,(H,20,23). The van der Waals surface area contributed by atoms with Gasteiger partial charge in [0.15, 0.2) is 0 Å². The van der Waals surface area contributed by atoms with Crippen LogP contribution in [0.2, 0.25) is 5.02 Å². The van der Waals surface area contributed by atoms with E-state index in [-0.39, 0.29) is 23.6 Å². The van der Waals surface area contributed by atoms with Gasteiger partial charge in [-0.1, -0.05) is 30.9 Å². The zero-order chi connectivity index (χ0) is 17.1. The Morgan fingerprint density at radius 3 is 2.79 bits per heavy atom. The van der Waals surface area contributed by atoms with Crippen molar-refractivity contribution in [1.82, 2.24) is 10.2 Å². The molecule has 2 N–H and O–H groups in total. The van der Waals surface area contributed by atoms with Gasteiger partial charge in [0.2, 0.25) is 5.91 Å². The number of aromatic hydroxyl groups is 1. The Balaban J connectivity index is 1.50. The molecule has 1 saturated heterocycles. The molecule has 1 saturated carbocycles. The van der Waals surface area contributed by atoms with Gasteiger partial charge in [0.25, 0.3) is 5.91 Å². The molecule has 130 valence electrons. The number of carbonyl (C=O) groups is 2. The number of halogens is 1. The van der Waals surface area contributed by atoms with Gasteiger partial charge in [-0.3, -0.25) is 9.59 Å². The molecular weight excluding hydrogens is 328 g/mol.